The second-order valence-corrected chi connectivity index (χ2v) is 11.4. The van der Waals surface area contributed by atoms with E-state index < -0.39 is 10.0 Å². The average Bonchev–Trinajstić information content (AvgIpc) is 3.51. The molecule has 9 heteroatoms. The standard InChI is InChI=1S/C24H28N4O3S2/c1-17(2)19-8-10-20(11-9-19)23-26-27-24(32-23)25-22(29)14-7-18-5-12-21(13-6-18)33(30,31)28-15-3-4-16-28/h5-6,8-13,17H,3-4,7,14-16H2,1-2H3,(H,25,27,29). The molecule has 1 N–H and O–H groups in total. The quantitative estimate of drug-likeness (QED) is 0.501. The summed E-state index contributed by atoms with van der Waals surface area (Å²) in [6, 6.07) is 15.0. The molecule has 174 valence electrons. The molecule has 2 heterocycles. The minimum absolute atomic E-state index is 0.151. The van der Waals surface area contributed by atoms with Crippen molar-refractivity contribution in [3.63, 3.8) is 0 Å². The zero-order valence-corrected chi connectivity index (χ0v) is 20.5. The van der Waals surface area contributed by atoms with Crippen molar-refractivity contribution in [3.05, 3.63) is 59.7 Å². The van der Waals surface area contributed by atoms with Crippen LogP contribution in [0.15, 0.2) is 53.4 Å². The van der Waals surface area contributed by atoms with Gasteiger partial charge in [-0.15, -0.1) is 10.2 Å². The predicted octanol–water partition coefficient (Wildman–Crippen LogP) is 4.68. The van der Waals surface area contributed by atoms with Crippen molar-refractivity contribution in [3.8, 4) is 10.6 Å². The summed E-state index contributed by atoms with van der Waals surface area (Å²) in [6.45, 7) is 5.47. The summed E-state index contributed by atoms with van der Waals surface area (Å²) in [5, 5.41) is 12.3. The van der Waals surface area contributed by atoms with E-state index in [0.29, 0.717) is 35.5 Å². The van der Waals surface area contributed by atoms with E-state index in [2.05, 4.69) is 41.5 Å². The summed E-state index contributed by atoms with van der Waals surface area (Å²) < 4.78 is 26.8. The SMILES string of the molecule is CC(C)c1ccc(-c2nnc(NC(=O)CCc3ccc(S(=O)(=O)N4CCCC4)cc3)s2)cc1. The summed E-state index contributed by atoms with van der Waals surface area (Å²) in [5.74, 6) is 0.315. The Morgan fingerprint density at radius 2 is 1.70 bits per heavy atom. The van der Waals surface area contributed by atoms with Gasteiger partial charge in [0.1, 0.15) is 5.01 Å². The molecule has 3 aromatic rings. The summed E-state index contributed by atoms with van der Waals surface area (Å²) >= 11 is 1.34. The van der Waals surface area contributed by atoms with Crippen LogP contribution in [-0.4, -0.2) is 41.9 Å². The number of amides is 1. The van der Waals surface area contributed by atoms with Gasteiger partial charge in [-0.3, -0.25) is 4.79 Å². The number of aromatic nitrogens is 2. The van der Waals surface area contributed by atoms with E-state index in [4.69, 9.17) is 0 Å². The van der Waals surface area contributed by atoms with Crippen LogP contribution in [0.25, 0.3) is 10.6 Å². The zero-order chi connectivity index (χ0) is 23.4. The molecule has 0 spiro atoms. The summed E-state index contributed by atoms with van der Waals surface area (Å²) in [4.78, 5) is 12.7. The van der Waals surface area contributed by atoms with Gasteiger partial charge in [-0.1, -0.05) is 61.6 Å². The molecule has 0 unspecified atom stereocenters. The number of aryl methyl sites for hydroxylation is 1. The fourth-order valence-electron chi connectivity index (χ4n) is 3.75. The third kappa shape index (κ3) is 5.66. The van der Waals surface area contributed by atoms with Crippen LogP contribution in [0.1, 0.15) is 50.2 Å². The van der Waals surface area contributed by atoms with Crippen LogP contribution < -0.4 is 5.32 Å². The molecule has 0 bridgehead atoms. The van der Waals surface area contributed by atoms with E-state index in [1.807, 2.05) is 12.1 Å². The topological polar surface area (TPSA) is 92.3 Å². The van der Waals surface area contributed by atoms with Crippen LogP contribution in [0.5, 0.6) is 0 Å². The number of rotatable bonds is 8. The molecule has 33 heavy (non-hydrogen) atoms. The van der Waals surface area contributed by atoms with Crippen LogP contribution in [0, 0.1) is 0 Å². The Labute approximate surface area is 198 Å². The first kappa shape index (κ1) is 23.5. The van der Waals surface area contributed by atoms with Crippen molar-refractivity contribution in [1.29, 1.82) is 0 Å². The van der Waals surface area contributed by atoms with Crippen molar-refractivity contribution in [1.82, 2.24) is 14.5 Å². The molecule has 1 amide bonds. The normalized spacial score (nSPS) is 14.6. The highest BCUT2D eigenvalue weighted by Gasteiger charge is 2.26. The lowest BCUT2D eigenvalue weighted by molar-refractivity contribution is -0.116. The summed E-state index contributed by atoms with van der Waals surface area (Å²) in [5.41, 5.74) is 3.15. The van der Waals surface area contributed by atoms with Gasteiger partial charge in [-0.2, -0.15) is 4.31 Å². The number of benzene rings is 2. The van der Waals surface area contributed by atoms with E-state index in [9.17, 15) is 13.2 Å². The van der Waals surface area contributed by atoms with E-state index in [1.165, 1.54) is 21.2 Å². The number of hydrogen-bond donors (Lipinski definition) is 1. The average molecular weight is 485 g/mol. The molecular weight excluding hydrogens is 456 g/mol. The third-order valence-corrected chi connectivity index (χ3v) is 8.56. The number of nitrogens with zero attached hydrogens (tertiary/aromatic N) is 3. The number of carbonyl (C=O) groups excluding carboxylic acids is 1. The molecule has 1 aromatic heterocycles. The summed E-state index contributed by atoms with van der Waals surface area (Å²) in [6.07, 6.45) is 2.61. The Bertz CT molecular complexity index is 1200. The van der Waals surface area contributed by atoms with Gasteiger partial charge < -0.3 is 5.32 Å². The van der Waals surface area contributed by atoms with Gasteiger partial charge in [0.05, 0.1) is 4.90 Å². The van der Waals surface area contributed by atoms with Crippen LogP contribution in [-0.2, 0) is 21.2 Å². The Balaban J connectivity index is 1.31. The Kier molecular flexibility index (Phi) is 7.21. The number of anilines is 1. The van der Waals surface area contributed by atoms with E-state index >= 15 is 0 Å². The maximum Gasteiger partial charge on any atom is 0.243 e. The minimum Gasteiger partial charge on any atom is -0.301 e. The first-order valence-corrected chi connectivity index (χ1v) is 13.4. The molecular formula is C24H28N4O3S2. The van der Waals surface area contributed by atoms with Gasteiger partial charge in [-0.25, -0.2) is 8.42 Å². The molecule has 1 aliphatic heterocycles. The van der Waals surface area contributed by atoms with E-state index in [0.717, 1.165) is 29.0 Å². The number of hydrogen-bond acceptors (Lipinski definition) is 6. The maximum atomic E-state index is 12.6. The van der Waals surface area contributed by atoms with Gasteiger partial charge in [0.25, 0.3) is 0 Å². The molecule has 0 atom stereocenters. The largest absolute Gasteiger partial charge is 0.301 e. The minimum atomic E-state index is -3.41. The van der Waals surface area contributed by atoms with Gasteiger partial charge in [0.15, 0.2) is 0 Å². The smallest absolute Gasteiger partial charge is 0.243 e. The van der Waals surface area contributed by atoms with Gasteiger partial charge >= 0.3 is 0 Å². The summed E-state index contributed by atoms with van der Waals surface area (Å²) in [7, 11) is -3.41. The highest BCUT2D eigenvalue weighted by Crippen LogP contribution is 2.28. The molecule has 2 aromatic carbocycles. The first-order valence-electron chi connectivity index (χ1n) is 11.2. The number of nitrogens with one attached hydrogen (secondary N) is 1. The second kappa shape index (κ2) is 10.1. The lowest BCUT2D eigenvalue weighted by Crippen LogP contribution is -2.27. The van der Waals surface area contributed by atoms with Crippen molar-refractivity contribution < 1.29 is 13.2 Å². The fourth-order valence-corrected chi connectivity index (χ4v) is 6.03. The monoisotopic (exact) mass is 484 g/mol. The van der Waals surface area contributed by atoms with Crippen LogP contribution in [0.3, 0.4) is 0 Å². The van der Waals surface area contributed by atoms with Crippen LogP contribution in [0.2, 0.25) is 0 Å². The van der Waals surface area contributed by atoms with Crippen molar-refractivity contribution in [2.24, 2.45) is 0 Å². The molecule has 1 saturated heterocycles. The Hall–Kier alpha value is -2.62. The molecule has 1 fully saturated rings. The lowest BCUT2D eigenvalue weighted by Gasteiger charge is -2.15. The van der Waals surface area contributed by atoms with Gasteiger partial charge in [0, 0.05) is 25.1 Å². The zero-order valence-electron chi connectivity index (χ0n) is 18.8. The highest BCUT2D eigenvalue weighted by molar-refractivity contribution is 7.89. The second-order valence-electron chi connectivity index (χ2n) is 8.49. The lowest BCUT2D eigenvalue weighted by atomic mass is 10.0. The highest BCUT2D eigenvalue weighted by atomic mass is 32.2. The van der Waals surface area contributed by atoms with Gasteiger partial charge in [-0.05, 0) is 48.4 Å². The Morgan fingerprint density at radius 1 is 1.03 bits per heavy atom. The van der Waals surface area contributed by atoms with Crippen molar-refractivity contribution in [2.45, 2.75) is 50.3 Å². The molecule has 0 aliphatic carbocycles. The van der Waals surface area contributed by atoms with Gasteiger partial charge in [0.2, 0.25) is 21.1 Å². The van der Waals surface area contributed by atoms with Crippen LogP contribution >= 0.6 is 11.3 Å². The van der Waals surface area contributed by atoms with E-state index in [1.54, 1.807) is 24.3 Å². The fraction of sp³-hybridized carbons (Fsp3) is 0.375. The molecule has 4 rings (SSSR count). The van der Waals surface area contributed by atoms with Crippen LogP contribution in [0.4, 0.5) is 5.13 Å². The first-order chi connectivity index (χ1) is 15.8. The molecule has 7 nitrogen and oxygen atoms in total. The predicted molar refractivity (Wildman–Crippen MR) is 131 cm³/mol. The van der Waals surface area contributed by atoms with Crippen molar-refractivity contribution in [2.75, 3.05) is 18.4 Å². The molecule has 0 radical (unpaired) electrons. The maximum absolute atomic E-state index is 12.6. The van der Waals surface area contributed by atoms with E-state index in [-0.39, 0.29) is 12.3 Å². The third-order valence-electron chi connectivity index (χ3n) is 5.76. The Morgan fingerprint density at radius 3 is 2.33 bits per heavy atom. The molecule has 1 aliphatic rings. The number of sulfonamides is 1. The number of carbonyl (C=O) groups is 1. The van der Waals surface area contributed by atoms with Crippen molar-refractivity contribution >= 4 is 32.4 Å². The molecule has 0 saturated carbocycles.